The number of carboxylic acids is 1. The van der Waals surface area contributed by atoms with Crippen LogP contribution in [0.25, 0.3) is 0 Å². The van der Waals surface area contributed by atoms with E-state index in [4.69, 9.17) is 10.8 Å². The van der Waals surface area contributed by atoms with E-state index in [0.717, 1.165) is 51.6 Å². The van der Waals surface area contributed by atoms with Crippen LogP contribution in [0.5, 0.6) is 0 Å². The Balaban J connectivity index is 2.04. The van der Waals surface area contributed by atoms with Gasteiger partial charge in [-0.3, -0.25) is 10.2 Å². The fraction of sp³-hybridized carbons (Fsp3) is 0.833. The second kappa shape index (κ2) is 8.18. The van der Waals surface area contributed by atoms with Gasteiger partial charge >= 0.3 is 5.97 Å². The first-order valence-electron chi connectivity index (χ1n) is 6.55. The maximum Gasteiger partial charge on any atom is 0.320 e. The van der Waals surface area contributed by atoms with Crippen molar-refractivity contribution in [1.82, 2.24) is 10.4 Å². The number of nitrogens with zero attached hydrogens (tertiary/aromatic N) is 1. The largest absolute Gasteiger partial charge is 0.480 e. The third-order valence-corrected chi connectivity index (χ3v) is 3.24. The summed E-state index contributed by atoms with van der Waals surface area (Å²) >= 11 is 0. The van der Waals surface area contributed by atoms with E-state index >= 15 is 0 Å². The highest BCUT2D eigenvalue weighted by Crippen LogP contribution is 2.12. The van der Waals surface area contributed by atoms with Crippen molar-refractivity contribution in [2.24, 2.45) is 11.7 Å². The smallest absolute Gasteiger partial charge is 0.320 e. The number of carbonyl (C=O) groups excluding carboxylic acids is 1. The van der Waals surface area contributed by atoms with Gasteiger partial charge in [-0.05, 0) is 32.1 Å². The molecule has 0 aliphatic carbocycles. The zero-order valence-corrected chi connectivity index (χ0v) is 10.7. The number of hydrogen-bond acceptors (Lipinski definition) is 5. The van der Waals surface area contributed by atoms with Crippen molar-refractivity contribution in [2.45, 2.75) is 38.1 Å². The number of rotatable bonds is 8. The van der Waals surface area contributed by atoms with E-state index in [-0.39, 0.29) is 5.92 Å². The lowest BCUT2D eigenvalue weighted by atomic mass is 10.0. The maximum absolute atomic E-state index is 10.7. The SMILES string of the molecule is NC(CCCCNN1CCCC(C=O)C1)C(=O)O. The Bertz CT molecular complexity index is 273. The predicted octanol–water partition coefficient (Wildman–Crippen LogP) is -0.0159. The van der Waals surface area contributed by atoms with Gasteiger partial charge in [0.05, 0.1) is 0 Å². The Hall–Kier alpha value is -0.980. The molecule has 1 rings (SSSR count). The molecule has 6 heteroatoms. The molecular weight excluding hydrogens is 234 g/mol. The van der Waals surface area contributed by atoms with Gasteiger partial charge in [0.15, 0.2) is 0 Å². The number of carboxylic acid groups (broad SMARTS) is 1. The van der Waals surface area contributed by atoms with Crippen LogP contribution in [0.3, 0.4) is 0 Å². The minimum Gasteiger partial charge on any atom is -0.480 e. The molecule has 1 fully saturated rings. The van der Waals surface area contributed by atoms with Gasteiger partial charge in [0.1, 0.15) is 12.3 Å². The molecule has 0 radical (unpaired) electrons. The number of nitrogens with one attached hydrogen (secondary N) is 1. The number of nitrogens with two attached hydrogens (primary N) is 1. The molecule has 4 N–H and O–H groups in total. The van der Waals surface area contributed by atoms with Crippen molar-refractivity contribution in [3.05, 3.63) is 0 Å². The summed E-state index contributed by atoms with van der Waals surface area (Å²) in [5, 5.41) is 10.7. The van der Waals surface area contributed by atoms with Crippen molar-refractivity contribution in [3.8, 4) is 0 Å². The van der Waals surface area contributed by atoms with Crippen molar-refractivity contribution in [3.63, 3.8) is 0 Å². The molecule has 1 saturated heterocycles. The average molecular weight is 257 g/mol. The van der Waals surface area contributed by atoms with Gasteiger partial charge in [-0.1, -0.05) is 0 Å². The molecule has 2 atom stereocenters. The van der Waals surface area contributed by atoms with Gasteiger partial charge in [0.2, 0.25) is 0 Å². The van der Waals surface area contributed by atoms with Crippen LogP contribution in [-0.4, -0.2) is 48.0 Å². The Labute approximate surface area is 107 Å². The summed E-state index contributed by atoms with van der Waals surface area (Å²) in [6, 6.07) is -0.751. The summed E-state index contributed by atoms with van der Waals surface area (Å²) in [6.45, 7) is 2.55. The Kier molecular flexibility index (Phi) is 6.85. The first kappa shape index (κ1) is 15.1. The number of hydrazine groups is 1. The molecule has 2 unspecified atom stereocenters. The van der Waals surface area contributed by atoms with E-state index in [1.54, 1.807) is 0 Å². The molecule has 6 nitrogen and oxygen atoms in total. The number of piperidine rings is 1. The molecule has 0 saturated carbocycles. The Morgan fingerprint density at radius 1 is 1.56 bits per heavy atom. The summed E-state index contributed by atoms with van der Waals surface area (Å²) in [4.78, 5) is 21.2. The van der Waals surface area contributed by atoms with Crippen LogP contribution < -0.4 is 11.2 Å². The molecule has 1 aliphatic rings. The van der Waals surface area contributed by atoms with Crippen LogP contribution in [0.1, 0.15) is 32.1 Å². The number of aldehydes is 1. The van der Waals surface area contributed by atoms with Crippen molar-refractivity contribution in [1.29, 1.82) is 0 Å². The molecule has 104 valence electrons. The molecule has 0 aromatic heterocycles. The second-order valence-electron chi connectivity index (χ2n) is 4.83. The summed E-state index contributed by atoms with van der Waals surface area (Å²) < 4.78 is 0. The highest BCUT2D eigenvalue weighted by molar-refractivity contribution is 5.72. The Morgan fingerprint density at radius 3 is 3.00 bits per heavy atom. The third kappa shape index (κ3) is 5.57. The standard InChI is InChI=1S/C12H23N3O3/c13-11(12(17)18)5-1-2-6-14-15-7-3-4-10(8-15)9-16/h9-11,14H,1-8,13H2,(H,17,18). The Morgan fingerprint density at radius 2 is 2.33 bits per heavy atom. The number of unbranched alkanes of at least 4 members (excludes halogenated alkanes) is 1. The maximum atomic E-state index is 10.7. The van der Waals surface area contributed by atoms with Crippen molar-refractivity contribution < 1.29 is 14.7 Å². The molecule has 1 heterocycles. The number of aliphatic carboxylic acids is 1. The summed E-state index contributed by atoms with van der Waals surface area (Å²) in [5.74, 6) is -0.792. The van der Waals surface area contributed by atoms with Crippen molar-refractivity contribution in [2.75, 3.05) is 19.6 Å². The summed E-state index contributed by atoms with van der Waals surface area (Å²) in [5.41, 5.74) is 8.68. The first-order chi connectivity index (χ1) is 8.63. The lowest BCUT2D eigenvalue weighted by Crippen LogP contribution is -2.45. The highest BCUT2D eigenvalue weighted by atomic mass is 16.4. The fourth-order valence-corrected chi connectivity index (χ4v) is 2.11. The molecule has 0 amide bonds. The van der Waals surface area contributed by atoms with Crippen LogP contribution in [0, 0.1) is 5.92 Å². The van der Waals surface area contributed by atoms with Crippen LogP contribution in [0.2, 0.25) is 0 Å². The lowest BCUT2D eigenvalue weighted by Gasteiger charge is -2.30. The topological polar surface area (TPSA) is 95.7 Å². The minimum atomic E-state index is -0.937. The first-order valence-corrected chi connectivity index (χ1v) is 6.55. The minimum absolute atomic E-state index is 0.145. The van der Waals surface area contributed by atoms with Crippen LogP contribution in [-0.2, 0) is 9.59 Å². The quantitative estimate of drug-likeness (QED) is 0.418. The molecule has 0 spiro atoms. The van der Waals surface area contributed by atoms with E-state index in [0.29, 0.717) is 6.42 Å². The number of carbonyl (C=O) groups is 2. The van der Waals surface area contributed by atoms with E-state index in [1.807, 2.05) is 0 Å². The zero-order chi connectivity index (χ0) is 13.4. The molecule has 0 aromatic rings. The van der Waals surface area contributed by atoms with Gasteiger partial charge < -0.3 is 15.6 Å². The van der Waals surface area contributed by atoms with Crippen LogP contribution in [0.4, 0.5) is 0 Å². The fourth-order valence-electron chi connectivity index (χ4n) is 2.11. The highest BCUT2D eigenvalue weighted by Gasteiger charge is 2.18. The van der Waals surface area contributed by atoms with Gasteiger partial charge in [0.25, 0.3) is 0 Å². The van der Waals surface area contributed by atoms with E-state index in [1.165, 1.54) is 0 Å². The summed E-state index contributed by atoms with van der Waals surface area (Å²) in [6.07, 6.45) is 5.25. The normalized spacial score (nSPS) is 22.6. The van der Waals surface area contributed by atoms with Gasteiger partial charge in [0, 0.05) is 25.6 Å². The van der Waals surface area contributed by atoms with Crippen LogP contribution >= 0.6 is 0 Å². The van der Waals surface area contributed by atoms with Crippen LogP contribution in [0.15, 0.2) is 0 Å². The molecule has 1 aliphatic heterocycles. The zero-order valence-electron chi connectivity index (χ0n) is 10.7. The van der Waals surface area contributed by atoms with Gasteiger partial charge in [-0.25, -0.2) is 5.01 Å². The molecular formula is C12H23N3O3. The van der Waals surface area contributed by atoms with E-state index in [9.17, 15) is 9.59 Å². The van der Waals surface area contributed by atoms with E-state index < -0.39 is 12.0 Å². The monoisotopic (exact) mass is 257 g/mol. The second-order valence-corrected chi connectivity index (χ2v) is 4.83. The third-order valence-electron chi connectivity index (χ3n) is 3.24. The molecule has 0 bridgehead atoms. The van der Waals surface area contributed by atoms with Crippen molar-refractivity contribution >= 4 is 12.3 Å². The number of hydrogen-bond donors (Lipinski definition) is 3. The van der Waals surface area contributed by atoms with Gasteiger partial charge in [-0.15, -0.1) is 0 Å². The molecule has 0 aromatic carbocycles. The average Bonchev–Trinajstić information content (AvgIpc) is 2.38. The van der Waals surface area contributed by atoms with E-state index in [2.05, 4.69) is 10.4 Å². The predicted molar refractivity (Wildman–Crippen MR) is 67.8 cm³/mol. The van der Waals surface area contributed by atoms with Gasteiger partial charge in [-0.2, -0.15) is 0 Å². The summed E-state index contributed by atoms with van der Waals surface area (Å²) in [7, 11) is 0. The lowest BCUT2D eigenvalue weighted by molar-refractivity contribution is -0.138. The molecule has 18 heavy (non-hydrogen) atoms.